The Hall–Kier alpha value is -1.50. The number of benzene rings is 1. The monoisotopic (exact) mass is 360 g/mol. The molecule has 5 N–H and O–H groups in total. The lowest BCUT2D eigenvalue weighted by atomic mass is 9.81. The van der Waals surface area contributed by atoms with Gasteiger partial charge >= 0.3 is 13.3 Å². The van der Waals surface area contributed by atoms with E-state index in [1.54, 1.807) is 0 Å². The second-order valence-electron chi connectivity index (χ2n) is 7.54. The predicted octanol–water partition coefficient (Wildman–Crippen LogP) is 0.766. The van der Waals surface area contributed by atoms with E-state index in [0.29, 0.717) is 24.2 Å². The zero-order chi connectivity index (χ0) is 18.9. The van der Waals surface area contributed by atoms with Gasteiger partial charge in [0.15, 0.2) is 0 Å². The summed E-state index contributed by atoms with van der Waals surface area (Å²) in [6.45, 7) is 1.06. The van der Waals surface area contributed by atoms with Gasteiger partial charge in [-0.2, -0.15) is 9.59 Å². The Kier molecular flexibility index (Phi) is 8.49. The van der Waals surface area contributed by atoms with Crippen molar-refractivity contribution >= 4 is 13.3 Å². The molecule has 2 aliphatic rings. The van der Waals surface area contributed by atoms with E-state index >= 15 is 0 Å². The fourth-order valence-corrected chi connectivity index (χ4v) is 4.37. The number of hydrogen-bond acceptors (Lipinski definition) is 6. The fraction of sp³-hybridized carbons (Fsp3) is 0.632. The molecule has 0 unspecified atom stereocenters. The Morgan fingerprint density at radius 3 is 2.35 bits per heavy atom. The molecule has 0 bridgehead atoms. The lowest BCUT2D eigenvalue weighted by Gasteiger charge is -2.16. The van der Waals surface area contributed by atoms with Gasteiger partial charge in [-0.3, -0.25) is 0 Å². The van der Waals surface area contributed by atoms with Crippen molar-refractivity contribution in [2.45, 2.75) is 56.9 Å². The number of fused-ring (bicyclic) bond motifs is 1. The molecule has 0 spiro atoms. The number of carbonyl (C=O) groups excluding carboxylic acids is 2. The van der Waals surface area contributed by atoms with Crippen LogP contribution in [0.3, 0.4) is 0 Å². The van der Waals surface area contributed by atoms with Gasteiger partial charge in [0.25, 0.3) is 0 Å². The third kappa shape index (κ3) is 6.34. The lowest BCUT2D eigenvalue weighted by Crippen LogP contribution is -2.33. The van der Waals surface area contributed by atoms with E-state index < -0.39 is 7.12 Å². The second-order valence-corrected chi connectivity index (χ2v) is 7.54. The number of nitrogens with two attached hydrogens (primary N) is 1. The quantitative estimate of drug-likeness (QED) is 0.534. The summed E-state index contributed by atoms with van der Waals surface area (Å²) in [6.07, 6.45) is 7.15. The maximum absolute atomic E-state index is 8.94. The molecule has 1 aromatic carbocycles. The molecule has 1 fully saturated rings. The first-order chi connectivity index (χ1) is 12.5. The van der Waals surface area contributed by atoms with Crippen LogP contribution in [0.25, 0.3) is 0 Å². The molecule has 0 amide bonds. The molecule has 0 heterocycles. The Balaban J connectivity index is 0.000000758. The molecular weight excluding hydrogens is 331 g/mol. The summed E-state index contributed by atoms with van der Waals surface area (Å²) in [5.41, 5.74) is 9.27. The molecule has 1 saturated carbocycles. The van der Waals surface area contributed by atoms with Crippen LogP contribution in [0.5, 0.6) is 0 Å². The van der Waals surface area contributed by atoms with Gasteiger partial charge in [0.2, 0.25) is 0 Å². The van der Waals surface area contributed by atoms with Crippen molar-refractivity contribution in [3.05, 3.63) is 35.4 Å². The highest BCUT2D eigenvalue weighted by Crippen LogP contribution is 2.33. The molecule has 0 radical (unpaired) electrons. The van der Waals surface area contributed by atoms with E-state index in [1.165, 1.54) is 17.5 Å². The molecule has 6 nitrogen and oxygen atoms in total. The van der Waals surface area contributed by atoms with E-state index in [4.69, 9.17) is 25.4 Å². The van der Waals surface area contributed by atoms with Gasteiger partial charge in [-0.1, -0.05) is 30.7 Å². The van der Waals surface area contributed by atoms with E-state index in [1.807, 2.05) is 0 Å². The summed E-state index contributed by atoms with van der Waals surface area (Å²) in [5.74, 6) is 1.21. The van der Waals surface area contributed by atoms with E-state index in [2.05, 4.69) is 29.6 Å². The highest BCUT2D eigenvalue weighted by atomic mass is 16.4. The summed E-state index contributed by atoms with van der Waals surface area (Å²) in [4.78, 5) is 16.2. The predicted molar refractivity (Wildman–Crippen MR) is 99.1 cm³/mol. The van der Waals surface area contributed by atoms with Gasteiger partial charge < -0.3 is 21.1 Å². The molecule has 26 heavy (non-hydrogen) atoms. The van der Waals surface area contributed by atoms with Crippen LogP contribution in [0.2, 0.25) is 6.32 Å². The smallest absolute Gasteiger partial charge is 0.427 e. The van der Waals surface area contributed by atoms with E-state index in [-0.39, 0.29) is 12.2 Å². The topological polar surface area (TPSA) is 113 Å². The van der Waals surface area contributed by atoms with Crippen molar-refractivity contribution in [1.82, 2.24) is 5.32 Å². The first kappa shape index (κ1) is 20.8. The summed E-state index contributed by atoms with van der Waals surface area (Å²) < 4.78 is 0. The zero-order valence-electron chi connectivity index (χ0n) is 15.1. The van der Waals surface area contributed by atoms with Crippen LogP contribution in [0.4, 0.5) is 0 Å². The molecule has 142 valence electrons. The van der Waals surface area contributed by atoms with Crippen molar-refractivity contribution in [2.24, 2.45) is 17.6 Å². The maximum atomic E-state index is 8.94. The van der Waals surface area contributed by atoms with Crippen LogP contribution in [0, 0.1) is 11.8 Å². The molecule has 0 aromatic heterocycles. The number of rotatable bonds is 7. The summed E-state index contributed by atoms with van der Waals surface area (Å²) in [5, 5.41) is 21.6. The molecule has 2 aliphatic carbocycles. The minimum atomic E-state index is -1.17. The first-order valence-electron chi connectivity index (χ1n) is 9.44. The zero-order valence-corrected chi connectivity index (χ0v) is 15.1. The standard InChI is InChI=1S/C18H29BN2O2.CO2/c20-18-9-13(8-16(18)6-3-7-19(22)23)12-21-17-10-14-4-1-2-5-15(14)11-17;2-1-3/h1-2,4-5,13,16-18,21-23H,3,6-12,20H2;/t13-,16-,18-;/m0./s1. The van der Waals surface area contributed by atoms with Crippen LogP contribution in [-0.2, 0) is 22.4 Å². The van der Waals surface area contributed by atoms with E-state index in [0.717, 1.165) is 38.6 Å². The van der Waals surface area contributed by atoms with Crippen molar-refractivity contribution in [2.75, 3.05) is 6.54 Å². The molecular formula is C19H29BN2O4. The third-order valence-corrected chi connectivity index (χ3v) is 5.63. The second kappa shape index (κ2) is 10.6. The molecule has 3 rings (SSSR count). The number of hydrogen-bond donors (Lipinski definition) is 4. The highest BCUT2D eigenvalue weighted by molar-refractivity contribution is 6.40. The summed E-state index contributed by atoms with van der Waals surface area (Å²) >= 11 is 0. The van der Waals surface area contributed by atoms with Crippen LogP contribution in [-0.4, -0.2) is 41.9 Å². The first-order valence-corrected chi connectivity index (χ1v) is 9.44. The van der Waals surface area contributed by atoms with Crippen LogP contribution in [0.15, 0.2) is 24.3 Å². The molecule has 0 aliphatic heterocycles. The fourth-order valence-electron chi connectivity index (χ4n) is 4.37. The minimum absolute atomic E-state index is 0.250. The maximum Gasteiger partial charge on any atom is 0.451 e. The van der Waals surface area contributed by atoms with Crippen molar-refractivity contribution in [3.63, 3.8) is 0 Å². The summed E-state index contributed by atoms with van der Waals surface area (Å²) in [7, 11) is -1.17. The largest absolute Gasteiger partial charge is 0.451 e. The summed E-state index contributed by atoms with van der Waals surface area (Å²) in [6, 6.07) is 9.60. The lowest BCUT2D eigenvalue weighted by molar-refractivity contribution is -0.191. The molecule has 1 aromatic rings. The van der Waals surface area contributed by atoms with Gasteiger partial charge in [-0.05, 0) is 67.9 Å². The van der Waals surface area contributed by atoms with Gasteiger partial charge in [-0.25, -0.2) is 0 Å². The average Bonchev–Trinajstić information content (AvgIpc) is 3.16. The van der Waals surface area contributed by atoms with Gasteiger partial charge in [0, 0.05) is 12.1 Å². The Labute approximate surface area is 155 Å². The molecule has 7 heteroatoms. The average molecular weight is 360 g/mol. The number of nitrogens with one attached hydrogen (secondary N) is 1. The van der Waals surface area contributed by atoms with Gasteiger partial charge in [-0.15, -0.1) is 0 Å². The van der Waals surface area contributed by atoms with E-state index in [9.17, 15) is 0 Å². The van der Waals surface area contributed by atoms with Crippen LogP contribution in [0.1, 0.15) is 36.8 Å². The van der Waals surface area contributed by atoms with Crippen molar-refractivity contribution in [3.8, 4) is 0 Å². The Morgan fingerprint density at radius 2 is 1.77 bits per heavy atom. The Bertz CT molecular complexity index is 568. The Morgan fingerprint density at radius 1 is 1.15 bits per heavy atom. The minimum Gasteiger partial charge on any atom is -0.427 e. The van der Waals surface area contributed by atoms with Gasteiger partial charge in [0.1, 0.15) is 0 Å². The third-order valence-electron chi connectivity index (χ3n) is 5.63. The van der Waals surface area contributed by atoms with Crippen LogP contribution >= 0.6 is 0 Å². The van der Waals surface area contributed by atoms with Crippen molar-refractivity contribution < 1.29 is 19.6 Å². The van der Waals surface area contributed by atoms with Crippen molar-refractivity contribution in [1.29, 1.82) is 0 Å². The molecule has 3 atom stereocenters. The normalized spacial score (nSPS) is 24.5. The molecule has 0 saturated heterocycles. The van der Waals surface area contributed by atoms with Crippen LogP contribution < -0.4 is 11.1 Å². The van der Waals surface area contributed by atoms with Gasteiger partial charge in [0.05, 0.1) is 0 Å². The highest BCUT2D eigenvalue weighted by Gasteiger charge is 2.32. The SMILES string of the molecule is N[C@H]1C[C@@H](CNC2Cc3ccccc3C2)C[C@@H]1CCCB(O)O.O=C=O.